The van der Waals surface area contributed by atoms with Crippen molar-refractivity contribution in [3.63, 3.8) is 0 Å². The Kier molecular flexibility index (Phi) is 3.75. The molecule has 3 rings (SSSR count). The van der Waals surface area contributed by atoms with Gasteiger partial charge in [-0.2, -0.15) is 0 Å². The summed E-state index contributed by atoms with van der Waals surface area (Å²) in [4.78, 5) is 23.7. The van der Waals surface area contributed by atoms with Gasteiger partial charge in [0, 0.05) is 10.6 Å². The van der Waals surface area contributed by atoms with Crippen LogP contribution < -0.4 is 4.74 Å². The Hall–Kier alpha value is -2.13. The first-order valence-electron chi connectivity index (χ1n) is 7.11. The SMILES string of the molecule is CC(=O)c1ccc(OC(=O)C2(c3ccc(Cl)cc3)CC2)cc1. The minimum atomic E-state index is -0.552. The van der Waals surface area contributed by atoms with E-state index in [4.69, 9.17) is 16.3 Å². The highest BCUT2D eigenvalue weighted by Crippen LogP contribution is 2.49. The maximum absolute atomic E-state index is 12.5. The van der Waals surface area contributed by atoms with Crippen molar-refractivity contribution in [2.45, 2.75) is 25.2 Å². The molecule has 22 heavy (non-hydrogen) atoms. The highest BCUT2D eigenvalue weighted by molar-refractivity contribution is 6.30. The summed E-state index contributed by atoms with van der Waals surface area (Å²) in [5.74, 6) is 0.179. The second-order valence-electron chi connectivity index (χ2n) is 5.56. The van der Waals surface area contributed by atoms with Gasteiger partial charge in [0.25, 0.3) is 0 Å². The molecule has 0 N–H and O–H groups in total. The molecule has 0 bridgehead atoms. The van der Waals surface area contributed by atoms with E-state index in [-0.39, 0.29) is 11.8 Å². The summed E-state index contributed by atoms with van der Waals surface area (Å²) in [6.07, 6.45) is 1.55. The van der Waals surface area contributed by atoms with Gasteiger partial charge in [0.2, 0.25) is 0 Å². The smallest absolute Gasteiger partial charge is 0.321 e. The fourth-order valence-electron chi connectivity index (χ4n) is 2.47. The monoisotopic (exact) mass is 314 g/mol. The number of rotatable bonds is 4. The van der Waals surface area contributed by atoms with Crippen molar-refractivity contribution in [1.82, 2.24) is 0 Å². The number of benzene rings is 2. The second-order valence-corrected chi connectivity index (χ2v) is 6.00. The summed E-state index contributed by atoms with van der Waals surface area (Å²) in [6.45, 7) is 1.50. The molecule has 0 aliphatic heterocycles. The predicted octanol–water partition coefficient (Wildman–Crippen LogP) is 4.18. The molecule has 3 nitrogen and oxygen atoms in total. The van der Waals surface area contributed by atoms with Gasteiger partial charge in [-0.15, -0.1) is 0 Å². The normalized spacial score (nSPS) is 15.2. The van der Waals surface area contributed by atoms with Gasteiger partial charge in [-0.25, -0.2) is 0 Å². The third kappa shape index (κ3) is 2.77. The van der Waals surface area contributed by atoms with E-state index in [1.54, 1.807) is 36.4 Å². The number of Topliss-reactive ketones (excluding diaryl/α,β-unsaturated/α-hetero) is 1. The first-order chi connectivity index (χ1) is 10.5. The Morgan fingerprint density at radius 1 is 1.00 bits per heavy atom. The zero-order chi connectivity index (χ0) is 15.7. The summed E-state index contributed by atoms with van der Waals surface area (Å²) in [7, 11) is 0. The second kappa shape index (κ2) is 5.58. The first kappa shape index (κ1) is 14.8. The number of halogens is 1. The van der Waals surface area contributed by atoms with Crippen LogP contribution in [0.5, 0.6) is 5.75 Å². The van der Waals surface area contributed by atoms with Gasteiger partial charge in [-0.05, 0) is 61.7 Å². The summed E-state index contributed by atoms with van der Waals surface area (Å²) < 4.78 is 5.48. The van der Waals surface area contributed by atoms with Crippen LogP contribution in [-0.4, -0.2) is 11.8 Å². The molecule has 0 atom stereocenters. The molecule has 1 saturated carbocycles. The van der Waals surface area contributed by atoms with E-state index in [2.05, 4.69) is 0 Å². The van der Waals surface area contributed by atoms with Crippen molar-refractivity contribution in [3.8, 4) is 5.75 Å². The molecule has 2 aromatic carbocycles. The Balaban J connectivity index is 1.76. The summed E-state index contributed by atoms with van der Waals surface area (Å²) >= 11 is 5.89. The fraction of sp³-hybridized carbons (Fsp3) is 0.222. The number of esters is 1. The van der Waals surface area contributed by atoms with Crippen LogP contribution in [0.3, 0.4) is 0 Å². The third-order valence-corrected chi connectivity index (χ3v) is 4.26. The fourth-order valence-corrected chi connectivity index (χ4v) is 2.59. The van der Waals surface area contributed by atoms with E-state index in [1.807, 2.05) is 12.1 Å². The van der Waals surface area contributed by atoms with Gasteiger partial charge >= 0.3 is 5.97 Å². The number of carbonyl (C=O) groups excluding carboxylic acids is 2. The van der Waals surface area contributed by atoms with Crippen molar-refractivity contribution in [1.29, 1.82) is 0 Å². The molecule has 0 unspecified atom stereocenters. The maximum Gasteiger partial charge on any atom is 0.321 e. The van der Waals surface area contributed by atoms with Gasteiger partial charge in [-0.1, -0.05) is 23.7 Å². The number of hydrogen-bond acceptors (Lipinski definition) is 3. The van der Waals surface area contributed by atoms with E-state index in [9.17, 15) is 9.59 Å². The van der Waals surface area contributed by atoms with Crippen LogP contribution in [0.4, 0.5) is 0 Å². The molecule has 0 heterocycles. The van der Waals surface area contributed by atoms with Crippen LogP contribution in [0, 0.1) is 0 Å². The average molecular weight is 315 g/mol. The van der Waals surface area contributed by atoms with Crippen molar-refractivity contribution in [2.24, 2.45) is 0 Å². The Labute approximate surface area is 133 Å². The van der Waals surface area contributed by atoms with Crippen LogP contribution in [0.1, 0.15) is 35.7 Å². The third-order valence-electron chi connectivity index (χ3n) is 4.01. The molecule has 2 aromatic rings. The van der Waals surface area contributed by atoms with Crippen molar-refractivity contribution < 1.29 is 14.3 Å². The largest absolute Gasteiger partial charge is 0.426 e. The van der Waals surface area contributed by atoms with Crippen LogP contribution in [0.25, 0.3) is 0 Å². The standard InChI is InChI=1S/C18H15ClO3/c1-12(20)13-2-8-16(9-3-13)22-17(21)18(10-11-18)14-4-6-15(19)7-5-14/h2-9H,10-11H2,1H3. The Bertz CT molecular complexity index is 713. The zero-order valence-electron chi connectivity index (χ0n) is 12.1. The van der Waals surface area contributed by atoms with Crippen LogP contribution in [0.15, 0.2) is 48.5 Å². The van der Waals surface area contributed by atoms with E-state index >= 15 is 0 Å². The molecule has 112 valence electrons. The van der Waals surface area contributed by atoms with Crippen LogP contribution in [0.2, 0.25) is 5.02 Å². The number of carbonyl (C=O) groups is 2. The molecule has 0 saturated heterocycles. The summed E-state index contributed by atoms with van der Waals surface area (Å²) in [5.41, 5.74) is 0.977. The zero-order valence-corrected chi connectivity index (χ0v) is 12.9. The van der Waals surface area contributed by atoms with E-state index in [1.165, 1.54) is 6.92 Å². The van der Waals surface area contributed by atoms with Crippen LogP contribution in [-0.2, 0) is 10.2 Å². The van der Waals surface area contributed by atoms with E-state index in [0.717, 1.165) is 18.4 Å². The van der Waals surface area contributed by atoms with Gasteiger partial charge in [0.1, 0.15) is 5.75 Å². The number of ketones is 1. The van der Waals surface area contributed by atoms with Gasteiger partial charge < -0.3 is 4.74 Å². The van der Waals surface area contributed by atoms with E-state index in [0.29, 0.717) is 16.3 Å². The van der Waals surface area contributed by atoms with E-state index < -0.39 is 5.41 Å². The molecular formula is C18H15ClO3. The quantitative estimate of drug-likeness (QED) is 0.483. The lowest BCUT2D eigenvalue weighted by molar-refractivity contribution is -0.137. The highest BCUT2D eigenvalue weighted by Gasteiger charge is 2.53. The van der Waals surface area contributed by atoms with Crippen molar-refractivity contribution >= 4 is 23.4 Å². The van der Waals surface area contributed by atoms with Gasteiger partial charge in [-0.3, -0.25) is 9.59 Å². The maximum atomic E-state index is 12.5. The average Bonchev–Trinajstić information content (AvgIpc) is 3.30. The number of hydrogen-bond donors (Lipinski definition) is 0. The Morgan fingerprint density at radius 3 is 2.09 bits per heavy atom. The predicted molar refractivity (Wildman–Crippen MR) is 84.4 cm³/mol. The molecule has 1 fully saturated rings. The van der Waals surface area contributed by atoms with Crippen molar-refractivity contribution in [3.05, 3.63) is 64.7 Å². The Morgan fingerprint density at radius 2 is 1.59 bits per heavy atom. The minimum absolute atomic E-state index is 0.0160. The molecule has 4 heteroatoms. The number of ether oxygens (including phenoxy) is 1. The summed E-state index contributed by atoms with van der Waals surface area (Å²) in [6, 6.07) is 13.9. The molecule has 0 spiro atoms. The molecule has 0 amide bonds. The lowest BCUT2D eigenvalue weighted by Crippen LogP contribution is -2.25. The molecule has 1 aliphatic carbocycles. The lowest BCUT2D eigenvalue weighted by Gasteiger charge is -2.15. The highest BCUT2D eigenvalue weighted by atomic mass is 35.5. The topological polar surface area (TPSA) is 43.4 Å². The molecule has 1 aliphatic rings. The van der Waals surface area contributed by atoms with Crippen LogP contribution >= 0.6 is 11.6 Å². The minimum Gasteiger partial charge on any atom is -0.426 e. The molecule has 0 aromatic heterocycles. The van der Waals surface area contributed by atoms with Gasteiger partial charge in [0.15, 0.2) is 5.78 Å². The van der Waals surface area contributed by atoms with Gasteiger partial charge in [0.05, 0.1) is 5.41 Å². The summed E-state index contributed by atoms with van der Waals surface area (Å²) in [5, 5.41) is 0.646. The lowest BCUT2D eigenvalue weighted by atomic mass is 9.96. The van der Waals surface area contributed by atoms with Crippen molar-refractivity contribution in [2.75, 3.05) is 0 Å². The molecular weight excluding hydrogens is 300 g/mol. The molecule has 0 radical (unpaired) electrons. The first-order valence-corrected chi connectivity index (χ1v) is 7.48.